The van der Waals surface area contributed by atoms with Crippen LogP contribution in [0.15, 0.2) is 0 Å². The number of thioether (sulfide) groups is 1. The molecular formula is C11H25NOS. The van der Waals surface area contributed by atoms with E-state index in [0.29, 0.717) is 6.04 Å². The number of aliphatic hydroxyl groups excluding tert-OH is 1. The van der Waals surface area contributed by atoms with Gasteiger partial charge in [-0.1, -0.05) is 20.8 Å². The molecule has 1 atom stereocenters. The van der Waals surface area contributed by atoms with Crippen LogP contribution in [0.5, 0.6) is 0 Å². The monoisotopic (exact) mass is 219 g/mol. The number of hydrogen-bond acceptors (Lipinski definition) is 3. The molecule has 0 radical (unpaired) electrons. The van der Waals surface area contributed by atoms with Crippen molar-refractivity contribution in [2.24, 2.45) is 5.41 Å². The van der Waals surface area contributed by atoms with Gasteiger partial charge in [-0.3, -0.25) is 0 Å². The first-order chi connectivity index (χ1) is 6.52. The Kier molecular flexibility index (Phi) is 7.69. The molecule has 0 amide bonds. The van der Waals surface area contributed by atoms with Crippen LogP contribution >= 0.6 is 11.8 Å². The van der Waals surface area contributed by atoms with Crippen molar-refractivity contribution in [1.29, 1.82) is 0 Å². The Balaban J connectivity index is 3.74. The van der Waals surface area contributed by atoms with Crippen LogP contribution in [0.3, 0.4) is 0 Å². The van der Waals surface area contributed by atoms with E-state index in [1.807, 2.05) is 11.8 Å². The topological polar surface area (TPSA) is 32.3 Å². The number of aliphatic hydroxyl groups is 1. The van der Waals surface area contributed by atoms with E-state index in [9.17, 15) is 0 Å². The standard InChI is InChI=1S/C11H25NOS/c1-11(2,3)10(6-8-13)12-7-5-9-14-4/h10,12-13H,5-9H2,1-4H3. The molecule has 0 aliphatic heterocycles. The van der Waals surface area contributed by atoms with Gasteiger partial charge in [0.15, 0.2) is 0 Å². The lowest BCUT2D eigenvalue weighted by Crippen LogP contribution is -2.41. The third kappa shape index (κ3) is 6.68. The summed E-state index contributed by atoms with van der Waals surface area (Å²) in [6, 6.07) is 0.425. The lowest BCUT2D eigenvalue weighted by Gasteiger charge is -2.31. The fraction of sp³-hybridized carbons (Fsp3) is 1.00. The summed E-state index contributed by atoms with van der Waals surface area (Å²) < 4.78 is 0. The average molecular weight is 219 g/mol. The predicted molar refractivity (Wildman–Crippen MR) is 65.9 cm³/mol. The van der Waals surface area contributed by atoms with Crippen LogP contribution in [0.4, 0.5) is 0 Å². The predicted octanol–water partition coefficient (Wildman–Crippen LogP) is 2.13. The summed E-state index contributed by atoms with van der Waals surface area (Å²) in [5, 5.41) is 12.5. The summed E-state index contributed by atoms with van der Waals surface area (Å²) in [5.41, 5.74) is 0.238. The first kappa shape index (κ1) is 14.3. The molecule has 0 saturated heterocycles. The molecule has 0 saturated carbocycles. The van der Waals surface area contributed by atoms with Crippen molar-refractivity contribution >= 4 is 11.8 Å². The van der Waals surface area contributed by atoms with Gasteiger partial charge in [0.2, 0.25) is 0 Å². The van der Waals surface area contributed by atoms with Gasteiger partial charge in [0.1, 0.15) is 0 Å². The highest BCUT2D eigenvalue weighted by Crippen LogP contribution is 2.21. The molecule has 0 aromatic carbocycles. The highest BCUT2D eigenvalue weighted by atomic mass is 32.2. The van der Waals surface area contributed by atoms with Gasteiger partial charge in [-0.2, -0.15) is 11.8 Å². The van der Waals surface area contributed by atoms with Crippen molar-refractivity contribution in [2.45, 2.75) is 39.7 Å². The Labute approximate surface area is 92.9 Å². The maximum absolute atomic E-state index is 8.96. The number of nitrogens with one attached hydrogen (secondary N) is 1. The SMILES string of the molecule is CSCCCNC(CCO)C(C)(C)C. The molecule has 0 aliphatic carbocycles. The van der Waals surface area contributed by atoms with Crippen LogP contribution in [-0.4, -0.2) is 36.3 Å². The molecule has 0 rings (SSSR count). The first-order valence-corrected chi connectivity index (χ1v) is 6.75. The van der Waals surface area contributed by atoms with Crippen LogP contribution in [-0.2, 0) is 0 Å². The van der Waals surface area contributed by atoms with Crippen LogP contribution < -0.4 is 5.32 Å². The molecule has 0 heterocycles. The highest BCUT2D eigenvalue weighted by molar-refractivity contribution is 7.98. The minimum Gasteiger partial charge on any atom is -0.396 e. The molecule has 2 N–H and O–H groups in total. The van der Waals surface area contributed by atoms with Crippen molar-refractivity contribution in [3.8, 4) is 0 Å². The van der Waals surface area contributed by atoms with E-state index >= 15 is 0 Å². The van der Waals surface area contributed by atoms with Gasteiger partial charge in [-0.15, -0.1) is 0 Å². The van der Waals surface area contributed by atoms with Gasteiger partial charge in [0.05, 0.1) is 0 Å². The Morgan fingerprint density at radius 2 is 2.00 bits per heavy atom. The number of rotatable bonds is 7. The van der Waals surface area contributed by atoms with E-state index in [-0.39, 0.29) is 12.0 Å². The summed E-state index contributed by atoms with van der Waals surface area (Å²) in [6.07, 6.45) is 4.19. The summed E-state index contributed by atoms with van der Waals surface area (Å²) in [7, 11) is 0. The summed E-state index contributed by atoms with van der Waals surface area (Å²) >= 11 is 1.88. The molecule has 86 valence electrons. The minimum absolute atomic E-state index is 0.238. The largest absolute Gasteiger partial charge is 0.396 e. The lowest BCUT2D eigenvalue weighted by atomic mass is 9.85. The second-order valence-corrected chi connectivity index (χ2v) is 5.72. The third-order valence-corrected chi connectivity index (χ3v) is 3.08. The molecule has 0 aromatic heterocycles. The normalized spacial score (nSPS) is 14.4. The third-order valence-electron chi connectivity index (χ3n) is 2.38. The Morgan fingerprint density at radius 1 is 1.36 bits per heavy atom. The van der Waals surface area contributed by atoms with E-state index < -0.39 is 0 Å². The zero-order chi connectivity index (χ0) is 11.0. The van der Waals surface area contributed by atoms with Gasteiger partial charge in [-0.25, -0.2) is 0 Å². The lowest BCUT2D eigenvalue weighted by molar-refractivity contribution is 0.198. The van der Waals surface area contributed by atoms with Gasteiger partial charge in [-0.05, 0) is 36.8 Å². The maximum atomic E-state index is 8.96. The second kappa shape index (κ2) is 7.55. The van der Waals surface area contributed by atoms with Gasteiger partial charge in [0, 0.05) is 12.6 Å². The molecular weight excluding hydrogens is 194 g/mol. The fourth-order valence-corrected chi connectivity index (χ4v) is 1.90. The minimum atomic E-state index is 0.238. The Morgan fingerprint density at radius 3 is 2.43 bits per heavy atom. The molecule has 2 nitrogen and oxygen atoms in total. The first-order valence-electron chi connectivity index (χ1n) is 5.35. The molecule has 0 fully saturated rings. The van der Waals surface area contributed by atoms with Crippen LogP contribution in [0.2, 0.25) is 0 Å². The van der Waals surface area contributed by atoms with Crippen molar-refractivity contribution in [3.63, 3.8) is 0 Å². The quantitative estimate of drug-likeness (QED) is 0.643. The Bertz CT molecular complexity index is 134. The second-order valence-electron chi connectivity index (χ2n) is 4.73. The van der Waals surface area contributed by atoms with Crippen LogP contribution in [0.1, 0.15) is 33.6 Å². The maximum Gasteiger partial charge on any atom is 0.0446 e. The van der Waals surface area contributed by atoms with Gasteiger partial charge in [0.25, 0.3) is 0 Å². The average Bonchev–Trinajstić information content (AvgIpc) is 2.08. The number of hydrogen-bond donors (Lipinski definition) is 2. The molecule has 0 aliphatic rings. The van der Waals surface area contributed by atoms with E-state index in [1.54, 1.807) is 0 Å². The zero-order valence-electron chi connectivity index (χ0n) is 9.97. The molecule has 0 aromatic rings. The molecule has 0 spiro atoms. The summed E-state index contributed by atoms with van der Waals surface area (Å²) in [6.45, 7) is 7.99. The summed E-state index contributed by atoms with van der Waals surface area (Å²) in [4.78, 5) is 0. The van der Waals surface area contributed by atoms with E-state index in [0.717, 1.165) is 13.0 Å². The fourth-order valence-electron chi connectivity index (χ4n) is 1.46. The van der Waals surface area contributed by atoms with E-state index in [2.05, 4.69) is 32.3 Å². The van der Waals surface area contributed by atoms with Crippen LogP contribution in [0.25, 0.3) is 0 Å². The molecule has 1 unspecified atom stereocenters. The molecule has 3 heteroatoms. The smallest absolute Gasteiger partial charge is 0.0446 e. The molecule has 0 bridgehead atoms. The van der Waals surface area contributed by atoms with Crippen molar-refractivity contribution in [2.75, 3.05) is 25.2 Å². The highest BCUT2D eigenvalue weighted by Gasteiger charge is 2.22. The van der Waals surface area contributed by atoms with Crippen molar-refractivity contribution in [3.05, 3.63) is 0 Å². The zero-order valence-corrected chi connectivity index (χ0v) is 10.8. The van der Waals surface area contributed by atoms with Gasteiger partial charge >= 0.3 is 0 Å². The molecule has 14 heavy (non-hydrogen) atoms. The Hall–Kier alpha value is 0.270. The summed E-state index contributed by atoms with van der Waals surface area (Å²) in [5.74, 6) is 1.21. The van der Waals surface area contributed by atoms with Gasteiger partial charge < -0.3 is 10.4 Å². The van der Waals surface area contributed by atoms with Crippen LogP contribution in [0, 0.1) is 5.41 Å². The van der Waals surface area contributed by atoms with Crippen molar-refractivity contribution in [1.82, 2.24) is 5.32 Å². The van der Waals surface area contributed by atoms with E-state index in [4.69, 9.17) is 5.11 Å². The van der Waals surface area contributed by atoms with Crippen molar-refractivity contribution < 1.29 is 5.11 Å². The van der Waals surface area contributed by atoms with E-state index in [1.165, 1.54) is 12.2 Å².